The summed E-state index contributed by atoms with van der Waals surface area (Å²) in [5.41, 5.74) is 5.86. The van der Waals surface area contributed by atoms with Crippen LogP contribution in [0.2, 0.25) is 0 Å². The maximum absolute atomic E-state index is 12.4. The summed E-state index contributed by atoms with van der Waals surface area (Å²) in [7, 11) is 1.39. The highest BCUT2D eigenvalue weighted by atomic mass is 16.5. The monoisotopic (exact) mass is 268 g/mol. The summed E-state index contributed by atoms with van der Waals surface area (Å²) >= 11 is 0. The number of piperidine rings is 1. The van der Waals surface area contributed by atoms with Crippen LogP contribution in [0.5, 0.6) is 0 Å². The Morgan fingerprint density at radius 2 is 2.05 bits per heavy atom. The molecule has 0 bridgehead atoms. The molecule has 2 rings (SSSR count). The number of methoxy groups -OCH3 is 1. The fraction of sp³-hybridized carbons (Fsp3) is 0.857. The molecule has 1 aliphatic carbocycles. The van der Waals surface area contributed by atoms with Crippen LogP contribution in [0, 0.1) is 0 Å². The van der Waals surface area contributed by atoms with Crippen LogP contribution in [0.4, 0.5) is 0 Å². The maximum Gasteiger partial charge on any atom is 0.307 e. The van der Waals surface area contributed by atoms with Gasteiger partial charge in [0.25, 0.3) is 0 Å². The van der Waals surface area contributed by atoms with Gasteiger partial charge < -0.3 is 15.4 Å². The number of carbonyl (C=O) groups excluding carboxylic acids is 2. The van der Waals surface area contributed by atoms with Gasteiger partial charge in [0.2, 0.25) is 5.91 Å². The Kier molecular flexibility index (Phi) is 4.45. The Morgan fingerprint density at radius 3 is 2.63 bits per heavy atom. The van der Waals surface area contributed by atoms with E-state index in [1.54, 1.807) is 0 Å². The van der Waals surface area contributed by atoms with Crippen molar-refractivity contribution in [2.24, 2.45) is 5.73 Å². The third kappa shape index (κ3) is 3.47. The van der Waals surface area contributed by atoms with E-state index in [9.17, 15) is 9.59 Å². The fourth-order valence-electron chi connectivity index (χ4n) is 3.03. The van der Waals surface area contributed by atoms with Gasteiger partial charge in [-0.15, -0.1) is 0 Å². The van der Waals surface area contributed by atoms with Crippen molar-refractivity contribution < 1.29 is 14.3 Å². The third-order valence-corrected chi connectivity index (χ3v) is 4.43. The van der Waals surface area contributed by atoms with E-state index in [1.807, 2.05) is 4.90 Å². The minimum absolute atomic E-state index is 0.00243. The van der Waals surface area contributed by atoms with Gasteiger partial charge >= 0.3 is 5.97 Å². The van der Waals surface area contributed by atoms with Gasteiger partial charge in [-0.3, -0.25) is 9.59 Å². The Hall–Kier alpha value is -1.10. The summed E-state index contributed by atoms with van der Waals surface area (Å²) in [5.74, 6) is -0.133. The van der Waals surface area contributed by atoms with E-state index in [-0.39, 0.29) is 23.5 Å². The molecule has 2 aliphatic rings. The lowest BCUT2D eigenvalue weighted by molar-refractivity contribution is -0.145. The maximum atomic E-state index is 12.4. The topological polar surface area (TPSA) is 72.6 Å². The minimum atomic E-state index is -0.287. The van der Waals surface area contributed by atoms with Gasteiger partial charge in [-0.25, -0.2) is 0 Å². The molecule has 1 amide bonds. The molecule has 1 saturated carbocycles. The Labute approximate surface area is 114 Å². The zero-order chi connectivity index (χ0) is 13.9. The summed E-state index contributed by atoms with van der Waals surface area (Å²) in [6, 6.07) is -0.00243. The average molecular weight is 268 g/mol. The first-order chi connectivity index (χ1) is 9.04. The summed E-state index contributed by atoms with van der Waals surface area (Å²) < 4.78 is 4.71. The van der Waals surface area contributed by atoms with E-state index in [0.29, 0.717) is 12.8 Å². The zero-order valence-corrected chi connectivity index (χ0v) is 11.7. The Bertz CT molecular complexity index is 353. The van der Waals surface area contributed by atoms with Crippen molar-refractivity contribution in [3.63, 3.8) is 0 Å². The Morgan fingerprint density at radius 1 is 1.32 bits per heavy atom. The molecule has 1 heterocycles. The van der Waals surface area contributed by atoms with E-state index in [1.165, 1.54) is 7.11 Å². The van der Waals surface area contributed by atoms with Gasteiger partial charge in [-0.05, 0) is 38.5 Å². The molecule has 1 atom stereocenters. The second-order valence-corrected chi connectivity index (χ2v) is 5.91. The average Bonchev–Trinajstić information content (AvgIpc) is 2.37. The van der Waals surface area contributed by atoms with E-state index >= 15 is 0 Å². The van der Waals surface area contributed by atoms with Gasteiger partial charge in [0.1, 0.15) is 0 Å². The van der Waals surface area contributed by atoms with E-state index in [4.69, 9.17) is 10.5 Å². The van der Waals surface area contributed by atoms with Crippen LogP contribution < -0.4 is 5.73 Å². The third-order valence-electron chi connectivity index (χ3n) is 4.43. The van der Waals surface area contributed by atoms with Crippen molar-refractivity contribution in [3.05, 3.63) is 0 Å². The molecule has 0 radical (unpaired) electrons. The van der Waals surface area contributed by atoms with Crippen LogP contribution in [0.3, 0.4) is 0 Å². The zero-order valence-electron chi connectivity index (χ0n) is 11.7. The molecule has 1 unspecified atom stereocenters. The molecule has 0 aromatic carbocycles. The highest BCUT2D eigenvalue weighted by molar-refractivity contribution is 5.79. The number of esters is 1. The summed E-state index contributed by atoms with van der Waals surface area (Å²) in [6.07, 6.45) is 6.70. The first-order valence-corrected chi connectivity index (χ1v) is 7.19. The fourth-order valence-corrected chi connectivity index (χ4v) is 3.03. The number of carbonyl (C=O) groups is 2. The van der Waals surface area contributed by atoms with E-state index < -0.39 is 0 Å². The highest BCUT2D eigenvalue weighted by Crippen LogP contribution is 2.33. The Balaban J connectivity index is 1.94. The lowest BCUT2D eigenvalue weighted by atomic mass is 9.75. The molecule has 5 heteroatoms. The number of nitrogens with zero attached hydrogens (tertiary/aromatic N) is 1. The van der Waals surface area contributed by atoms with Crippen molar-refractivity contribution in [3.8, 4) is 0 Å². The van der Waals surface area contributed by atoms with Gasteiger partial charge in [-0.1, -0.05) is 0 Å². The molecular formula is C14H24N2O3. The molecule has 0 aromatic heterocycles. The predicted molar refractivity (Wildman–Crippen MR) is 71.4 cm³/mol. The molecule has 1 aliphatic heterocycles. The quantitative estimate of drug-likeness (QED) is 0.778. The van der Waals surface area contributed by atoms with E-state index in [2.05, 4.69) is 0 Å². The second-order valence-electron chi connectivity index (χ2n) is 5.91. The summed E-state index contributed by atoms with van der Waals surface area (Å²) in [6.45, 7) is 0.747. The van der Waals surface area contributed by atoms with Gasteiger partial charge in [0.15, 0.2) is 0 Å². The smallest absolute Gasteiger partial charge is 0.307 e. The normalized spacial score (nSPS) is 25.6. The number of ether oxygens (including phenoxy) is 1. The van der Waals surface area contributed by atoms with Crippen LogP contribution in [-0.4, -0.2) is 42.0 Å². The standard InChI is InChI=1S/C14H24N2O3/c1-19-13(18)9-11-5-2-3-8-16(11)12(17)10-14(15)6-4-7-14/h11H,2-10,15H2,1H3. The van der Waals surface area contributed by atoms with Crippen molar-refractivity contribution in [2.45, 2.75) is 62.9 Å². The summed E-state index contributed by atoms with van der Waals surface area (Å²) in [5, 5.41) is 0. The first-order valence-electron chi connectivity index (χ1n) is 7.19. The van der Waals surface area contributed by atoms with E-state index in [0.717, 1.165) is 45.1 Å². The number of rotatable bonds is 4. The van der Waals surface area contributed by atoms with Crippen LogP contribution in [-0.2, 0) is 14.3 Å². The molecule has 1 saturated heterocycles. The predicted octanol–water partition coefficient (Wildman–Crippen LogP) is 1.20. The second kappa shape index (κ2) is 5.90. The minimum Gasteiger partial charge on any atom is -0.469 e. The van der Waals surface area contributed by atoms with Crippen LogP contribution >= 0.6 is 0 Å². The SMILES string of the molecule is COC(=O)CC1CCCCN1C(=O)CC1(N)CCC1. The molecule has 5 nitrogen and oxygen atoms in total. The molecular weight excluding hydrogens is 244 g/mol. The molecule has 19 heavy (non-hydrogen) atoms. The van der Waals surface area contributed by atoms with Crippen LogP contribution in [0.15, 0.2) is 0 Å². The van der Waals surface area contributed by atoms with Crippen molar-refractivity contribution in [1.82, 2.24) is 4.90 Å². The number of nitrogens with two attached hydrogens (primary N) is 1. The van der Waals surface area contributed by atoms with Gasteiger partial charge in [0, 0.05) is 24.5 Å². The van der Waals surface area contributed by atoms with Gasteiger partial charge in [0.05, 0.1) is 13.5 Å². The van der Waals surface area contributed by atoms with Crippen LogP contribution in [0.1, 0.15) is 51.4 Å². The lowest BCUT2D eigenvalue weighted by Gasteiger charge is -2.41. The van der Waals surface area contributed by atoms with Crippen molar-refractivity contribution in [2.75, 3.05) is 13.7 Å². The highest BCUT2D eigenvalue weighted by Gasteiger charge is 2.38. The molecule has 2 fully saturated rings. The van der Waals surface area contributed by atoms with Crippen molar-refractivity contribution >= 4 is 11.9 Å². The van der Waals surface area contributed by atoms with Crippen molar-refractivity contribution in [1.29, 1.82) is 0 Å². The van der Waals surface area contributed by atoms with Gasteiger partial charge in [-0.2, -0.15) is 0 Å². The molecule has 0 aromatic rings. The largest absolute Gasteiger partial charge is 0.469 e. The number of hydrogen-bond acceptors (Lipinski definition) is 4. The number of hydrogen-bond donors (Lipinski definition) is 1. The first kappa shape index (κ1) is 14.3. The van der Waals surface area contributed by atoms with Crippen LogP contribution in [0.25, 0.3) is 0 Å². The molecule has 108 valence electrons. The molecule has 2 N–H and O–H groups in total. The lowest BCUT2D eigenvalue weighted by Crippen LogP contribution is -2.53. The number of amides is 1. The summed E-state index contributed by atoms with van der Waals surface area (Å²) in [4.78, 5) is 25.7. The molecule has 0 spiro atoms. The number of likely N-dealkylation sites (tertiary alicyclic amines) is 1.